The van der Waals surface area contributed by atoms with Crippen molar-refractivity contribution in [1.82, 2.24) is 0 Å². The van der Waals surface area contributed by atoms with Crippen molar-refractivity contribution in [2.45, 2.75) is 6.10 Å². The van der Waals surface area contributed by atoms with Crippen molar-refractivity contribution in [1.29, 1.82) is 0 Å². The molecule has 122 valence electrons. The zero-order valence-electron chi connectivity index (χ0n) is 12.1. The fourth-order valence-corrected chi connectivity index (χ4v) is 2.54. The Hall–Kier alpha value is -3.06. The number of anilines is 1. The highest BCUT2D eigenvalue weighted by molar-refractivity contribution is 6.30. The minimum Gasteiger partial charge on any atom is -0.506 e. The van der Waals surface area contributed by atoms with E-state index in [9.17, 15) is 20.0 Å². The van der Waals surface area contributed by atoms with Crippen molar-refractivity contribution in [3.05, 3.63) is 80.6 Å². The van der Waals surface area contributed by atoms with Crippen LogP contribution in [0.5, 0.6) is 5.75 Å². The van der Waals surface area contributed by atoms with Gasteiger partial charge in [0, 0.05) is 10.6 Å². The standard InChI is InChI=1S/C16H11ClN2O5/c17-9-5-6-14(20)12(7-9)18-8-13(19(22)23)15-10-3-1-2-4-11(10)16(21)24-15/h1-8,15,18,20H/b13-8-. The van der Waals surface area contributed by atoms with Gasteiger partial charge in [0.05, 0.1) is 22.4 Å². The Labute approximate surface area is 141 Å². The molecule has 0 radical (unpaired) electrons. The fourth-order valence-electron chi connectivity index (χ4n) is 2.36. The van der Waals surface area contributed by atoms with E-state index in [4.69, 9.17) is 16.3 Å². The average Bonchev–Trinajstić information content (AvgIpc) is 2.88. The Kier molecular flexibility index (Phi) is 4.09. The average molecular weight is 347 g/mol. The number of halogens is 1. The van der Waals surface area contributed by atoms with Crippen LogP contribution in [-0.2, 0) is 4.74 Å². The lowest BCUT2D eigenvalue weighted by atomic mass is 10.0. The number of cyclic esters (lactones) is 1. The van der Waals surface area contributed by atoms with E-state index in [0.29, 0.717) is 16.1 Å². The molecule has 1 unspecified atom stereocenters. The zero-order chi connectivity index (χ0) is 17.3. The quantitative estimate of drug-likeness (QED) is 0.380. The maximum atomic E-state index is 11.8. The van der Waals surface area contributed by atoms with E-state index in [1.807, 2.05) is 0 Å². The first-order valence-corrected chi connectivity index (χ1v) is 7.24. The van der Waals surface area contributed by atoms with Gasteiger partial charge in [0.15, 0.2) is 0 Å². The van der Waals surface area contributed by atoms with Gasteiger partial charge in [0.1, 0.15) is 5.75 Å². The number of fused-ring (bicyclic) bond motifs is 1. The van der Waals surface area contributed by atoms with Crippen LogP contribution in [0.15, 0.2) is 54.4 Å². The summed E-state index contributed by atoms with van der Waals surface area (Å²) in [6, 6.07) is 10.7. The molecule has 3 rings (SSSR count). The van der Waals surface area contributed by atoms with Crippen molar-refractivity contribution < 1.29 is 19.6 Å². The Morgan fingerprint density at radius 2 is 2.08 bits per heavy atom. The van der Waals surface area contributed by atoms with Gasteiger partial charge in [-0.2, -0.15) is 0 Å². The lowest BCUT2D eigenvalue weighted by Crippen LogP contribution is -2.12. The molecule has 1 heterocycles. The summed E-state index contributed by atoms with van der Waals surface area (Å²) < 4.78 is 5.12. The second-order valence-corrected chi connectivity index (χ2v) is 5.44. The zero-order valence-corrected chi connectivity index (χ0v) is 12.9. The van der Waals surface area contributed by atoms with Crippen LogP contribution < -0.4 is 5.32 Å². The number of nitro groups is 1. The van der Waals surface area contributed by atoms with Gasteiger partial charge >= 0.3 is 11.7 Å². The number of benzene rings is 2. The number of phenols is 1. The lowest BCUT2D eigenvalue weighted by molar-refractivity contribution is -0.436. The third kappa shape index (κ3) is 2.89. The second-order valence-electron chi connectivity index (χ2n) is 5.00. The smallest absolute Gasteiger partial charge is 0.339 e. The van der Waals surface area contributed by atoms with Crippen molar-refractivity contribution in [3.63, 3.8) is 0 Å². The van der Waals surface area contributed by atoms with Crippen LogP contribution >= 0.6 is 11.6 Å². The van der Waals surface area contributed by atoms with Gasteiger partial charge in [-0.15, -0.1) is 0 Å². The Morgan fingerprint density at radius 1 is 1.33 bits per heavy atom. The number of carbonyl (C=O) groups excluding carboxylic acids is 1. The van der Waals surface area contributed by atoms with Gasteiger partial charge in [-0.05, 0) is 24.3 Å². The summed E-state index contributed by atoms with van der Waals surface area (Å²) >= 11 is 5.83. The molecule has 7 nitrogen and oxygen atoms in total. The van der Waals surface area contributed by atoms with E-state index < -0.39 is 17.0 Å². The van der Waals surface area contributed by atoms with Gasteiger partial charge in [-0.1, -0.05) is 29.8 Å². The van der Waals surface area contributed by atoms with E-state index in [1.165, 1.54) is 18.2 Å². The molecular formula is C16H11ClN2O5. The SMILES string of the molecule is O=C1OC(/C(=C/Nc2cc(Cl)ccc2O)[N+](=O)[O-])c2ccccc21. The van der Waals surface area contributed by atoms with Crippen molar-refractivity contribution >= 4 is 23.3 Å². The summed E-state index contributed by atoms with van der Waals surface area (Å²) in [5, 5.41) is 24.1. The number of rotatable bonds is 4. The molecule has 0 aliphatic carbocycles. The molecule has 2 N–H and O–H groups in total. The number of esters is 1. The van der Waals surface area contributed by atoms with E-state index in [1.54, 1.807) is 24.3 Å². The first-order valence-electron chi connectivity index (χ1n) is 6.87. The van der Waals surface area contributed by atoms with Crippen LogP contribution in [0.3, 0.4) is 0 Å². The molecule has 0 aromatic heterocycles. The van der Waals surface area contributed by atoms with Gasteiger partial charge in [-0.3, -0.25) is 10.1 Å². The monoisotopic (exact) mass is 346 g/mol. The number of nitrogens with one attached hydrogen (secondary N) is 1. The number of carbonyl (C=O) groups is 1. The number of aromatic hydroxyl groups is 1. The molecule has 24 heavy (non-hydrogen) atoms. The molecule has 0 bridgehead atoms. The van der Waals surface area contributed by atoms with Crippen LogP contribution in [0, 0.1) is 10.1 Å². The van der Waals surface area contributed by atoms with Crippen LogP contribution in [0.4, 0.5) is 5.69 Å². The van der Waals surface area contributed by atoms with Gasteiger partial charge in [0.25, 0.3) is 0 Å². The Bertz CT molecular complexity index is 865. The molecule has 2 aromatic carbocycles. The topological polar surface area (TPSA) is 102 Å². The van der Waals surface area contributed by atoms with Crippen molar-refractivity contribution in [2.24, 2.45) is 0 Å². The number of hydrogen-bond donors (Lipinski definition) is 2. The van der Waals surface area contributed by atoms with Crippen LogP contribution in [0.25, 0.3) is 0 Å². The van der Waals surface area contributed by atoms with Crippen LogP contribution in [0.1, 0.15) is 22.0 Å². The van der Waals surface area contributed by atoms with E-state index in [0.717, 1.165) is 6.20 Å². The molecule has 1 atom stereocenters. The molecule has 1 aliphatic rings. The molecule has 0 amide bonds. The van der Waals surface area contributed by atoms with Gasteiger partial charge in [0.2, 0.25) is 6.10 Å². The molecular weight excluding hydrogens is 336 g/mol. The Balaban J connectivity index is 1.95. The number of ether oxygens (including phenoxy) is 1. The summed E-state index contributed by atoms with van der Waals surface area (Å²) in [6.45, 7) is 0. The molecule has 0 spiro atoms. The third-order valence-corrected chi connectivity index (χ3v) is 3.74. The second kappa shape index (κ2) is 6.21. The molecule has 8 heteroatoms. The maximum Gasteiger partial charge on any atom is 0.339 e. The summed E-state index contributed by atoms with van der Waals surface area (Å²) in [5.74, 6) is -0.740. The third-order valence-electron chi connectivity index (χ3n) is 3.50. The predicted molar refractivity (Wildman–Crippen MR) is 86.4 cm³/mol. The fraction of sp³-hybridized carbons (Fsp3) is 0.0625. The summed E-state index contributed by atoms with van der Waals surface area (Å²) in [6.07, 6.45) is -0.0525. The van der Waals surface area contributed by atoms with Crippen LogP contribution in [-0.4, -0.2) is 16.0 Å². The largest absolute Gasteiger partial charge is 0.506 e. The van der Waals surface area contributed by atoms with Gasteiger partial charge < -0.3 is 15.2 Å². The van der Waals surface area contributed by atoms with Gasteiger partial charge in [-0.25, -0.2) is 4.79 Å². The minimum absolute atomic E-state index is 0.123. The highest BCUT2D eigenvalue weighted by Gasteiger charge is 2.39. The highest BCUT2D eigenvalue weighted by Crippen LogP contribution is 2.36. The molecule has 0 saturated carbocycles. The summed E-state index contributed by atoms with van der Waals surface area (Å²) in [7, 11) is 0. The number of nitrogens with zero attached hydrogens (tertiary/aromatic N) is 1. The molecule has 0 fully saturated rings. The molecule has 1 aliphatic heterocycles. The number of phenolic OH excluding ortho intramolecular Hbond substituents is 1. The maximum absolute atomic E-state index is 11.8. The summed E-state index contributed by atoms with van der Waals surface area (Å²) in [5.41, 5.74) is 0.538. The minimum atomic E-state index is -1.13. The van der Waals surface area contributed by atoms with E-state index in [2.05, 4.69) is 5.32 Å². The lowest BCUT2D eigenvalue weighted by Gasteiger charge is -2.09. The van der Waals surface area contributed by atoms with E-state index in [-0.39, 0.29) is 17.1 Å². The first kappa shape index (κ1) is 15.8. The highest BCUT2D eigenvalue weighted by atomic mass is 35.5. The van der Waals surface area contributed by atoms with Crippen molar-refractivity contribution in [3.8, 4) is 5.75 Å². The van der Waals surface area contributed by atoms with Crippen molar-refractivity contribution in [2.75, 3.05) is 5.32 Å². The molecule has 0 saturated heterocycles. The summed E-state index contributed by atoms with van der Waals surface area (Å²) in [4.78, 5) is 22.6. The predicted octanol–water partition coefficient (Wildman–Crippen LogP) is 3.49. The Morgan fingerprint density at radius 3 is 2.83 bits per heavy atom. The van der Waals surface area contributed by atoms with Crippen LogP contribution in [0.2, 0.25) is 5.02 Å². The first-order chi connectivity index (χ1) is 11.5. The van der Waals surface area contributed by atoms with E-state index >= 15 is 0 Å². The molecule has 2 aromatic rings. The normalized spacial score (nSPS) is 16.5. The number of hydrogen-bond acceptors (Lipinski definition) is 6.